The molecule has 1 aliphatic rings. The third kappa shape index (κ3) is 2.08. The smallest absolute Gasteiger partial charge is 0.0906 e. The van der Waals surface area contributed by atoms with E-state index in [4.69, 9.17) is 0 Å². The average Bonchev–Trinajstić information content (AvgIpc) is 2.68. The van der Waals surface area contributed by atoms with Gasteiger partial charge in [0.25, 0.3) is 0 Å². The molecular formula is C10H17N3S. The molecule has 0 bridgehead atoms. The summed E-state index contributed by atoms with van der Waals surface area (Å²) in [4.78, 5) is 3.59. The van der Waals surface area contributed by atoms with Crippen molar-refractivity contribution in [2.75, 3.05) is 38.6 Å². The summed E-state index contributed by atoms with van der Waals surface area (Å²) in [5, 5.41) is 8.25. The minimum absolute atomic E-state index is 0.502. The van der Waals surface area contributed by atoms with Crippen molar-refractivity contribution < 1.29 is 0 Å². The Morgan fingerprint density at radius 2 is 2.21 bits per heavy atom. The number of thiophene rings is 1. The Balaban J connectivity index is 2.07. The van der Waals surface area contributed by atoms with Gasteiger partial charge in [-0.25, -0.2) is 0 Å². The maximum atomic E-state index is 3.52. The maximum absolute atomic E-state index is 3.52. The fourth-order valence-corrected chi connectivity index (χ4v) is 2.63. The van der Waals surface area contributed by atoms with E-state index < -0.39 is 0 Å². The van der Waals surface area contributed by atoms with Crippen LogP contribution in [0.1, 0.15) is 10.9 Å². The largest absolute Gasteiger partial charge is 0.370 e. The van der Waals surface area contributed by atoms with Gasteiger partial charge < -0.3 is 15.5 Å². The van der Waals surface area contributed by atoms with Crippen LogP contribution in [0.2, 0.25) is 0 Å². The zero-order valence-corrected chi connectivity index (χ0v) is 9.53. The first kappa shape index (κ1) is 9.96. The number of hydrogen-bond acceptors (Lipinski definition) is 4. The van der Waals surface area contributed by atoms with Crippen LogP contribution in [0.4, 0.5) is 5.00 Å². The number of anilines is 1. The molecule has 0 aliphatic carbocycles. The van der Waals surface area contributed by atoms with Gasteiger partial charge in [0.1, 0.15) is 0 Å². The highest BCUT2D eigenvalue weighted by Gasteiger charge is 2.16. The fraction of sp³-hybridized carbons (Fsp3) is 0.600. The van der Waals surface area contributed by atoms with E-state index in [9.17, 15) is 0 Å². The van der Waals surface area contributed by atoms with Gasteiger partial charge in [-0.3, -0.25) is 0 Å². The third-order valence-electron chi connectivity index (χ3n) is 2.44. The van der Waals surface area contributed by atoms with Crippen LogP contribution >= 0.6 is 11.3 Å². The van der Waals surface area contributed by atoms with Gasteiger partial charge in [0.05, 0.1) is 11.0 Å². The summed E-state index contributed by atoms with van der Waals surface area (Å²) in [7, 11) is 4.17. The van der Waals surface area contributed by atoms with Gasteiger partial charge in [-0.15, -0.1) is 11.3 Å². The summed E-state index contributed by atoms with van der Waals surface area (Å²) in [6.45, 7) is 3.20. The summed E-state index contributed by atoms with van der Waals surface area (Å²) in [5.41, 5.74) is 0. The summed E-state index contributed by atoms with van der Waals surface area (Å²) >= 11 is 1.87. The highest BCUT2D eigenvalue weighted by molar-refractivity contribution is 7.16. The van der Waals surface area contributed by atoms with Crippen molar-refractivity contribution in [2.24, 2.45) is 0 Å². The summed E-state index contributed by atoms with van der Waals surface area (Å²) in [6, 6.07) is 4.92. The van der Waals surface area contributed by atoms with Gasteiger partial charge in [-0.2, -0.15) is 0 Å². The van der Waals surface area contributed by atoms with Crippen molar-refractivity contribution in [3.8, 4) is 0 Å². The van der Waals surface area contributed by atoms with Gasteiger partial charge in [-0.1, -0.05) is 0 Å². The number of rotatable bonds is 2. The van der Waals surface area contributed by atoms with E-state index in [0.717, 1.165) is 19.6 Å². The zero-order chi connectivity index (χ0) is 9.97. The van der Waals surface area contributed by atoms with Crippen molar-refractivity contribution >= 4 is 16.3 Å². The van der Waals surface area contributed by atoms with Gasteiger partial charge in [0, 0.05) is 38.6 Å². The van der Waals surface area contributed by atoms with E-state index in [0.29, 0.717) is 6.04 Å². The van der Waals surface area contributed by atoms with Crippen molar-refractivity contribution in [1.29, 1.82) is 0 Å². The topological polar surface area (TPSA) is 27.3 Å². The number of piperazine rings is 1. The Bertz CT molecular complexity index is 289. The normalized spacial score (nSPS) is 22.3. The van der Waals surface area contributed by atoms with Gasteiger partial charge in [0.15, 0.2) is 0 Å². The monoisotopic (exact) mass is 211 g/mol. The van der Waals surface area contributed by atoms with E-state index in [1.165, 1.54) is 9.88 Å². The molecule has 1 aliphatic heterocycles. The van der Waals surface area contributed by atoms with Crippen LogP contribution in [-0.2, 0) is 0 Å². The van der Waals surface area contributed by atoms with Crippen LogP contribution in [0.25, 0.3) is 0 Å². The maximum Gasteiger partial charge on any atom is 0.0906 e. The SMILES string of the molecule is CN(C)c1ccc([C@H]2CNCCN2)s1. The average molecular weight is 211 g/mol. The molecule has 0 radical (unpaired) electrons. The molecule has 2 N–H and O–H groups in total. The number of hydrogen-bond donors (Lipinski definition) is 2. The first-order valence-corrected chi connectivity index (χ1v) is 5.80. The second-order valence-corrected chi connectivity index (χ2v) is 4.88. The van der Waals surface area contributed by atoms with Gasteiger partial charge in [-0.05, 0) is 12.1 Å². The fourth-order valence-electron chi connectivity index (χ4n) is 1.62. The third-order valence-corrected chi connectivity index (χ3v) is 3.80. The molecule has 1 aromatic heterocycles. The quantitative estimate of drug-likeness (QED) is 0.765. The molecule has 1 aromatic rings. The Morgan fingerprint density at radius 1 is 1.36 bits per heavy atom. The number of nitrogens with one attached hydrogen (secondary N) is 2. The Hall–Kier alpha value is -0.580. The highest BCUT2D eigenvalue weighted by atomic mass is 32.1. The molecule has 0 saturated carbocycles. The van der Waals surface area contributed by atoms with Crippen LogP contribution in [-0.4, -0.2) is 33.7 Å². The molecule has 0 amide bonds. The molecule has 1 atom stereocenters. The van der Waals surface area contributed by atoms with Crippen LogP contribution < -0.4 is 15.5 Å². The standard InChI is InChI=1S/C10H17N3S/c1-13(2)10-4-3-9(14-10)8-7-11-5-6-12-8/h3-4,8,11-12H,5-7H2,1-2H3/t8-/m1/s1. The van der Waals surface area contributed by atoms with Crippen molar-refractivity contribution in [1.82, 2.24) is 10.6 Å². The molecule has 1 saturated heterocycles. The molecule has 2 heterocycles. The predicted molar refractivity (Wildman–Crippen MR) is 62.3 cm³/mol. The minimum atomic E-state index is 0.502. The molecule has 78 valence electrons. The second-order valence-electron chi connectivity index (χ2n) is 3.78. The lowest BCUT2D eigenvalue weighted by molar-refractivity contribution is 0.435. The molecule has 0 spiro atoms. The van der Waals surface area contributed by atoms with E-state index >= 15 is 0 Å². The van der Waals surface area contributed by atoms with E-state index in [-0.39, 0.29) is 0 Å². The van der Waals surface area contributed by atoms with E-state index in [1.807, 2.05) is 11.3 Å². The zero-order valence-electron chi connectivity index (χ0n) is 8.71. The van der Waals surface area contributed by atoms with Crippen molar-refractivity contribution in [3.63, 3.8) is 0 Å². The lowest BCUT2D eigenvalue weighted by Gasteiger charge is -2.23. The molecule has 3 nitrogen and oxygen atoms in total. The molecule has 14 heavy (non-hydrogen) atoms. The van der Waals surface area contributed by atoms with Crippen LogP contribution in [0.15, 0.2) is 12.1 Å². The highest BCUT2D eigenvalue weighted by Crippen LogP contribution is 2.29. The Labute approximate surface area is 89.1 Å². The first-order valence-electron chi connectivity index (χ1n) is 4.98. The molecular weight excluding hydrogens is 194 g/mol. The van der Waals surface area contributed by atoms with Crippen LogP contribution in [0, 0.1) is 0 Å². The van der Waals surface area contributed by atoms with Crippen molar-refractivity contribution in [3.05, 3.63) is 17.0 Å². The van der Waals surface area contributed by atoms with Gasteiger partial charge >= 0.3 is 0 Å². The summed E-state index contributed by atoms with van der Waals surface area (Å²) in [6.07, 6.45) is 0. The first-order chi connectivity index (χ1) is 6.77. The van der Waals surface area contributed by atoms with E-state index in [1.54, 1.807) is 0 Å². The molecule has 0 unspecified atom stereocenters. The molecule has 1 fully saturated rings. The number of nitrogens with zero attached hydrogens (tertiary/aromatic N) is 1. The van der Waals surface area contributed by atoms with Crippen LogP contribution in [0.5, 0.6) is 0 Å². The van der Waals surface area contributed by atoms with Crippen molar-refractivity contribution in [2.45, 2.75) is 6.04 Å². The molecule has 2 rings (SSSR count). The Kier molecular flexibility index (Phi) is 3.05. The van der Waals surface area contributed by atoms with Gasteiger partial charge in [0.2, 0.25) is 0 Å². The van der Waals surface area contributed by atoms with E-state index in [2.05, 4.69) is 41.8 Å². The molecule has 4 heteroatoms. The lowest BCUT2D eigenvalue weighted by Crippen LogP contribution is -2.42. The van der Waals surface area contributed by atoms with Crippen LogP contribution in [0.3, 0.4) is 0 Å². The minimum Gasteiger partial charge on any atom is -0.370 e. The predicted octanol–water partition coefficient (Wildman–Crippen LogP) is 1.05. The summed E-state index contributed by atoms with van der Waals surface area (Å²) in [5.74, 6) is 0. The summed E-state index contributed by atoms with van der Waals surface area (Å²) < 4.78 is 0. The lowest BCUT2D eigenvalue weighted by atomic mass is 10.2. The Morgan fingerprint density at radius 3 is 2.79 bits per heavy atom. The second kappa shape index (κ2) is 4.29. The molecule has 0 aromatic carbocycles.